The van der Waals surface area contributed by atoms with E-state index in [1.807, 2.05) is 4.52 Å². The average Bonchev–Trinajstić information content (AvgIpc) is 3.64. The molecule has 3 saturated heterocycles. The van der Waals surface area contributed by atoms with Crippen LogP contribution in [-0.4, -0.2) is 57.2 Å². The van der Waals surface area contributed by atoms with Crippen LogP contribution in [0.1, 0.15) is 68.7 Å². The number of carbonyl (C=O) groups excluding carboxylic acids is 1. The molecule has 35 heavy (non-hydrogen) atoms. The van der Waals surface area contributed by atoms with Gasteiger partial charge < -0.3 is 15.5 Å². The van der Waals surface area contributed by atoms with Crippen LogP contribution in [0.2, 0.25) is 0 Å². The molecule has 4 aliphatic rings. The van der Waals surface area contributed by atoms with Crippen molar-refractivity contribution in [3.8, 4) is 0 Å². The van der Waals surface area contributed by atoms with Crippen LogP contribution in [0, 0.1) is 18.8 Å². The number of hydrazine groups is 3. The average molecular weight is 483 g/mol. The molecule has 190 valence electrons. The van der Waals surface area contributed by atoms with Gasteiger partial charge in [0.05, 0.1) is 17.9 Å². The molecule has 0 spiro atoms. The minimum atomic E-state index is 0.0335. The molecule has 2 atom stereocenters. The Hall–Kier alpha value is -2.31. The maximum absolute atomic E-state index is 13.7. The van der Waals surface area contributed by atoms with Crippen LogP contribution in [0.15, 0.2) is 12.3 Å². The number of likely N-dealkylation sites (tertiary alicyclic amines) is 1. The van der Waals surface area contributed by atoms with E-state index in [0.717, 1.165) is 93.7 Å². The Bertz CT molecular complexity index is 1060. The zero-order chi connectivity index (χ0) is 23.9. The van der Waals surface area contributed by atoms with E-state index in [1.165, 1.54) is 0 Å². The number of carbonyl (C=O) groups is 1. The number of rotatable bonds is 4. The van der Waals surface area contributed by atoms with Gasteiger partial charge in [-0.2, -0.15) is 16.2 Å². The second kappa shape index (κ2) is 9.62. The van der Waals surface area contributed by atoms with Crippen molar-refractivity contribution in [2.24, 2.45) is 17.6 Å². The van der Waals surface area contributed by atoms with Crippen LogP contribution in [0.25, 0.3) is 5.65 Å². The molecule has 11 nitrogen and oxygen atoms in total. The largest absolute Gasteiger partial charge is 0.355 e. The third-order valence-electron chi connectivity index (χ3n) is 8.39. The summed E-state index contributed by atoms with van der Waals surface area (Å²) >= 11 is 0. The zero-order valence-corrected chi connectivity index (χ0v) is 20.5. The molecule has 0 aromatic carbocycles. The molecule has 4 fully saturated rings. The molecular formula is C24H38N10O. The highest BCUT2D eigenvalue weighted by molar-refractivity contribution is 5.79. The maximum atomic E-state index is 13.7. The lowest BCUT2D eigenvalue weighted by Crippen LogP contribution is -2.46. The molecule has 6 N–H and O–H groups in total. The molecule has 0 bridgehead atoms. The van der Waals surface area contributed by atoms with Crippen LogP contribution in [0.5, 0.6) is 0 Å². The number of hydrogen-bond acceptors (Lipinski definition) is 9. The van der Waals surface area contributed by atoms with Crippen LogP contribution >= 0.6 is 0 Å². The summed E-state index contributed by atoms with van der Waals surface area (Å²) < 4.78 is 1.89. The number of fused-ring (bicyclic) bond motifs is 1. The lowest BCUT2D eigenvalue weighted by atomic mass is 9.79. The van der Waals surface area contributed by atoms with Crippen molar-refractivity contribution in [1.29, 1.82) is 0 Å². The summed E-state index contributed by atoms with van der Waals surface area (Å²) in [7, 11) is 0. The van der Waals surface area contributed by atoms with Gasteiger partial charge >= 0.3 is 0 Å². The van der Waals surface area contributed by atoms with Gasteiger partial charge in [-0.15, -0.1) is 0 Å². The molecule has 1 aliphatic carbocycles. The molecule has 0 radical (unpaired) electrons. The number of aromatic nitrogens is 3. The Kier molecular flexibility index (Phi) is 6.35. The quantitative estimate of drug-likeness (QED) is 0.431. The molecule has 0 unspecified atom stereocenters. The van der Waals surface area contributed by atoms with E-state index in [1.54, 1.807) is 0 Å². The van der Waals surface area contributed by atoms with Gasteiger partial charge in [0, 0.05) is 49.4 Å². The highest BCUT2D eigenvalue weighted by Crippen LogP contribution is 2.37. The summed E-state index contributed by atoms with van der Waals surface area (Å²) in [5, 5.41) is 4.91. The van der Waals surface area contributed by atoms with Gasteiger partial charge in [-0.05, 0) is 64.2 Å². The summed E-state index contributed by atoms with van der Waals surface area (Å²) in [6.45, 7) is 4.69. The fourth-order valence-electron chi connectivity index (χ4n) is 6.42. The first-order chi connectivity index (χ1) is 17.1. The molecular weight excluding hydrogens is 444 g/mol. The standard InChI is InChI=1S/C24H38N10O/c1-15-13-34-21(26-23(15)32-11-9-18(25)14-32)12-19(29-34)20-4-2-3-10-33(20)24(35)17-7-5-16(6-8-17)22-27-30-31-28-22/h12-13,16-18,20,22,27-28,30-31H,2-11,14,25H2,1H3/t16?,17?,18-,20-/m0/s1. The Labute approximate surface area is 206 Å². The number of anilines is 1. The Morgan fingerprint density at radius 1 is 1.06 bits per heavy atom. The topological polar surface area (TPSA) is 128 Å². The number of piperidine rings is 1. The molecule has 5 heterocycles. The Morgan fingerprint density at radius 2 is 1.86 bits per heavy atom. The van der Waals surface area contributed by atoms with Gasteiger partial charge in [0.15, 0.2) is 5.65 Å². The van der Waals surface area contributed by atoms with Crippen molar-refractivity contribution in [3.63, 3.8) is 0 Å². The minimum Gasteiger partial charge on any atom is -0.355 e. The molecule has 1 saturated carbocycles. The molecule has 2 aromatic heterocycles. The fourth-order valence-corrected chi connectivity index (χ4v) is 6.42. The van der Waals surface area contributed by atoms with Gasteiger partial charge in [0.2, 0.25) is 5.91 Å². The first kappa shape index (κ1) is 23.1. The van der Waals surface area contributed by atoms with Crippen molar-refractivity contribution in [3.05, 3.63) is 23.5 Å². The first-order valence-corrected chi connectivity index (χ1v) is 13.3. The predicted octanol–water partition coefficient (Wildman–Crippen LogP) is 0.878. The summed E-state index contributed by atoms with van der Waals surface area (Å²) in [5.41, 5.74) is 21.3. The van der Waals surface area contributed by atoms with Gasteiger partial charge in [0.25, 0.3) is 0 Å². The molecule has 2 aromatic rings. The first-order valence-electron chi connectivity index (χ1n) is 13.3. The molecule has 1 amide bonds. The SMILES string of the molecule is Cc1cn2nc([C@@H]3CCCCN3C(=O)C3CCC(C4NNNN4)CC3)cc2nc1N1CC[C@H](N)C1. The predicted molar refractivity (Wildman–Crippen MR) is 133 cm³/mol. The second-order valence-electron chi connectivity index (χ2n) is 10.8. The van der Waals surface area contributed by atoms with Gasteiger partial charge in [-0.3, -0.25) is 4.79 Å². The number of nitrogens with one attached hydrogen (secondary N) is 4. The Balaban J connectivity index is 1.19. The molecule has 3 aliphatic heterocycles. The zero-order valence-electron chi connectivity index (χ0n) is 20.5. The summed E-state index contributed by atoms with van der Waals surface area (Å²) in [4.78, 5) is 23.1. The van der Waals surface area contributed by atoms with E-state index in [4.69, 9.17) is 15.8 Å². The van der Waals surface area contributed by atoms with Crippen LogP contribution in [-0.2, 0) is 4.79 Å². The summed E-state index contributed by atoms with van der Waals surface area (Å²) in [6, 6.07) is 2.33. The summed E-state index contributed by atoms with van der Waals surface area (Å²) in [6.07, 6.45) is 10.4. The number of nitrogens with zero attached hydrogens (tertiary/aromatic N) is 5. The van der Waals surface area contributed by atoms with Crippen LogP contribution < -0.4 is 32.6 Å². The second-order valence-corrected chi connectivity index (χ2v) is 10.8. The van der Waals surface area contributed by atoms with Gasteiger partial charge in [0.1, 0.15) is 5.82 Å². The number of nitrogens with two attached hydrogens (primary N) is 1. The van der Waals surface area contributed by atoms with E-state index >= 15 is 0 Å². The van der Waals surface area contributed by atoms with Gasteiger partial charge in [-0.25, -0.2) is 20.4 Å². The maximum Gasteiger partial charge on any atom is 0.226 e. The van der Waals surface area contributed by atoms with Crippen molar-refractivity contribution in [1.82, 2.24) is 41.4 Å². The smallest absolute Gasteiger partial charge is 0.226 e. The summed E-state index contributed by atoms with van der Waals surface area (Å²) in [5.74, 6) is 1.94. The van der Waals surface area contributed by atoms with Crippen LogP contribution in [0.3, 0.4) is 0 Å². The van der Waals surface area contributed by atoms with E-state index in [2.05, 4.69) is 50.9 Å². The lowest BCUT2D eigenvalue weighted by molar-refractivity contribution is -0.141. The monoisotopic (exact) mass is 482 g/mol. The third-order valence-corrected chi connectivity index (χ3v) is 8.39. The van der Waals surface area contributed by atoms with Gasteiger partial charge in [-0.1, -0.05) is 0 Å². The van der Waals surface area contributed by atoms with Crippen LogP contribution in [0.4, 0.5) is 5.82 Å². The van der Waals surface area contributed by atoms with E-state index in [-0.39, 0.29) is 24.2 Å². The van der Waals surface area contributed by atoms with Crippen molar-refractivity contribution < 1.29 is 4.79 Å². The molecule has 6 rings (SSSR count). The van der Waals surface area contributed by atoms with E-state index in [9.17, 15) is 4.79 Å². The van der Waals surface area contributed by atoms with E-state index < -0.39 is 0 Å². The van der Waals surface area contributed by atoms with E-state index in [0.29, 0.717) is 11.8 Å². The number of hydrogen-bond donors (Lipinski definition) is 5. The normalized spacial score (nSPS) is 30.5. The Morgan fingerprint density at radius 3 is 2.60 bits per heavy atom. The minimum absolute atomic E-state index is 0.0335. The fraction of sp³-hybridized carbons (Fsp3) is 0.708. The number of aryl methyl sites for hydroxylation is 1. The van der Waals surface area contributed by atoms with Crippen molar-refractivity contribution in [2.75, 3.05) is 24.5 Å². The van der Waals surface area contributed by atoms with Crippen molar-refractivity contribution in [2.45, 2.75) is 76.5 Å². The highest BCUT2D eigenvalue weighted by atomic mass is 16.2. The third kappa shape index (κ3) is 4.51. The highest BCUT2D eigenvalue weighted by Gasteiger charge is 2.37. The molecule has 11 heteroatoms. The van der Waals surface area contributed by atoms with Crippen molar-refractivity contribution >= 4 is 17.4 Å². The number of amides is 1. The lowest BCUT2D eigenvalue weighted by Gasteiger charge is -2.39.